The summed E-state index contributed by atoms with van der Waals surface area (Å²) in [6, 6.07) is 1.37. The van der Waals surface area contributed by atoms with Gasteiger partial charge in [0.15, 0.2) is 5.75 Å². The monoisotopic (exact) mass is 292 g/mol. The number of nitrogens with two attached hydrogens (primary N) is 2. The molecule has 0 amide bonds. The zero-order valence-electron chi connectivity index (χ0n) is 9.83. The number of alkyl halides is 1. The Morgan fingerprint density at radius 2 is 2.06 bits per heavy atom. The van der Waals surface area contributed by atoms with Crippen LogP contribution in [0.15, 0.2) is 6.07 Å². The second kappa shape index (κ2) is 6.56. The largest absolute Gasteiger partial charge is 0.490 e. The summed E-state index contributed by atoms with van der Waals surface area (Å²) in [5.74, 6) is 0.0228. The Labute approximate surface area is 115 Å². The Morgan fingerprint density at radius 1 is 1.39 bits per heavy atom. The molecule has 0 aliphatic rings. The minimum absolute atomic E-state index is 0.123. The summed E-state index contributed by atoms with van der Waals surface area (Å²) < 4.78 is 10.1. The Kier molecular flexibility index (Phi) is 5.37. The van der Waals surface area contributed by atoms with E-state index in [0.717, 1.165) is 0 Å². The number of carbonyl (C=O) groups is 1. The van der Waals surface area contributed by atoms with Gasteiger partial charge in [0, 0.05) is 5.88 Å². The van der Waals surface area contributed by atoms with E-state index in [0.29, 0.717) is 18.9 Å². The molecule has 0 aliphatic heterocycles. The van der Waals surface area contributed by atoms with Gasteiger partial charge in [0.1, 0.15) is 5.56 Å². The van der Waals surface area contributed by atoms with Gasteiger partial charge in [0.05, 0.1) is 30.1 Å². The van der Waals surface area contributed by atoms with Gasteiger partial charge < -0.3 is 20.9 Å². The molecule has 7 heteroatoms. The molecule has 0 aromatic heterocycles. The highest BCUT2D eigenvalue weighted by atomic mass is 35.5. The van der Waals surface area contributed by atoms with Gasteiger partial charge in [0.25, 0.3) is 0 Å². The average Bonchev–Trinajstić information content (AvgIpc) is 2.37. The molecular weight excluding hydrogens is 279 g/mol. The molecule has 0 atom stereocenters. The van der Waals surface area contributed by atoms with Crippen molar-refractivity contribution in [1.29, 1.82) is 0 Å². The Balaban J connectivity index is 3.17. The highest BCUT2D eigenvalue weighted by Crippen LogP contribution is 2.37. The Bertz CT molecular complexity index is 452. The average molecular weight is 293 g/mol. The molecule has 1 rings (SSSR count). The maximum Gasteiger partial charge on any atom is 0.341 e. The maximum atomic E-state index is 11.6. The van der Waals surface area contributed by atoms with Gasteiger partial charge >= 0.3 is 5.97 Å². The van der Waals surface area contributed by atoms with Crippen LogP contribution in [0.4, 0.5) is 11.4 Å². The van der Waals surface area contributed by atoms with Crippen LogP contribution in [0.3, 0.4) is 0 Å². The van der Waals surface area contributed by atoms with E-state index in [4.69, 9.17) is 39.4 Å². The van der Waals surface area contributed by atoms with Crippen molar-refractivity contribution in [1.82, 2.24) is 0 Å². The van der Waals surface area contributed by atoms with Crippen molar-refractivity contribution in [3.63, 3.8) is 0 Å². The van der Waals surface area contributed by atoms with Crippen LogP contribution in [0.1, 0.15) is 16.8 Å². The number of benzene rings is 1. The molecule has 0 spiro atoms. The molecule has 100 valence electrons. The fourth-order valence-electron chi connectivity index (χ4n) is 1.31. The van der Waals surface area contributed by atoms with Crippen molar-refractivity contribution in [3.8, 4) is 5.75 Å². The van der Waals surface area contributed by atoms with E-state index in [1.54, 1.807) is 0 Å². The molecule has 0 aliphatic carbocycles. The third-order valence-electron chi connectivity index (χ3n) is 2.24. The number of hydrogen-bond donors (Lipinski definition) is 2. The number of ether oxygens (including phenoxy) is 2. The summed E-state index contributed by atoms with van der Waals surface area (Å²) in [5.41, 5.74) is 11.9. The van der Waals surface area contributed by atoms with Crippen molar-refractivity contribution < 1.29 is 14.3 Å². The highest BCUT2D eigenvalue weighted by Gasteiger charge is 2.20. The van der Waals surface area contributed by atoms with E-state index >= 15 is 0 Å². The van der Waals surface area contributed by atoms with Crippen LogP contribution >= 0.6 is 23.2 Å². The first-order valence-electron chi connectivity index (χ1n) is 5.17. The van der Waals surface area contributed by atoms with E-state index in [1.165, 1.54) is 13.2 Å². The standard InChI is InChI=1S/C11H14Cl2N2O3/c1-17-11(16)6-5-7(13)8(14)9(15)10(6)18-4-2-3-12/h5H,2-4,14-15H2,1H3. The fourth-order valence-corrected chi connectivity index (χ4v) is 1.63. The van der Waals surface area contributed by atoms with Crippen LogP contribution in [0.25, 0.3) is 0 Å². The van der Waals surface area contributed by atoms with E-state index in [-0.39, 0.29) is 27.7 Å². The molecule has 4 N–H and O–H groups in total. The lowest BCUT2D eigenvalue weighted by Gasteiger charge is -2.15. The second-order valence-corrected chi connectivity index (χ2v) is 4.23. The summed E-state index contributed by atoms with van der Waals surface area (Å²) in [5, 5.41) is 0.178. The summed E-state index contributed by atoms with van der Waals surface area (Å²) in [6.07, 6.45) is 0.615. The van der Waals surface area contributed by atoms with Gasteiger partial charge in [-0.1, -0.05) is 11.6 Å². The minimum Gasteiger partial charge on any atom is -0.490 e. The number of rotatable bonds is 5. The number of methoxy groups -OCH3 is 1. The summed E-state index contributed by atoms with van der Waals surface area (Å²) >= 11 is 11.4. The molecule has 0 fully saturated rings. The predicted molar refractivity (Wildman–Crippen MR) is 72.4 cm³/mol. The number of carbonyl (C=O) groups excluding carboxylic acids is 1. The summed E-state index contributed by atoms with van der Waals surface area (Å²) in [6.45, 7) is 0.318. The fraction of sp³-hybridized carbons (Fsp3) is 0.364. The highest BCUT2D eigenvalue weighted by molar-refractivity contribution is 6.34. The quantitative estimate of drug-likeness (QED) is 0.376. The van der Waals surface area contributed by atoms with Crippen LogP contribution in [-0.2, 0) is 4.74 Å². The van der Waals surface area contributed by atoms with E-state index in [1.807, 2.05) is 0 Å². The number of hydrogen-bond acceptors (Lipinski definition) is 5. The molecule has 0 radical (unpaired) electrons. The topological polar surface area (TPSA) is 87.6 Å². The van der Waals surface area contributed by atoms with Crippen LogP contribution in [0.5, 0.6) is 5.75 Å². The van der Waals surface area contributed by atoms with Crippen molar-refractivity contribution >= 4 is 40.5 Å². The molecule has 5 nitrogen and oxygen atoms in total. The first-order chi connectivity index (χ1) is 8.52. The number of esters is 1. The predicted octanol–water partition coefficient (Wildman–Crippen LogP) is 2.30. The van der Waals surface area contributed by atoms with Crippen LogP contribution in [0, 0.1) is 0 Å². The first-order valence-corrected chi connectivity index (χ1v) is 6.08. The van der Waals surface area contributed by atoms with Gasteiger partial charge in [-0.2, -0.15) is 0 Å². The Hall–Kier alpha value is -1.33. The van der Waals surface area contributed by atoms with Gasteiger partial charge in [-0.3, -0.25) is 0 Å². The molecule has 1 aromatic rings. The van der Waals surface area contributed by atoms with Crippen molar-refractivity contribution in [3.05, 3.63) is 16.7 Å². The zero-order chi connectivity index (χ0) is 13.7. The summed E-state index contributed by atoms with van der Waals surface area (Å²) in [7, 11) is 1.26. The third kappa shape index (κ3) is 3.11. The van der Waals surface area contributed by atoms with Gasteiger partial charge in [0.2, 0.25) is 0 Å². The van der Waals surface area contributed by atoms with Crippen LogP contribution in [-0.4, -0.2) is 25.6 Å². The molecule has 0 bridgehead atoms. The number of anilines is 2. The molecule has 0 saturated heterocycles. The lowest BCUT2D eigenvalue weighted by Crippen LogP contribution is -2.11. The third-order valence-corrected chi connectivity index (χ3v) is 2.82. The zero-order valence-corrected chi connectivity index (χ0v) is 11.3. The number of halogens is 2. The van der Waals surface area contributed by atoms with E-state index in [9.17, 15) is 4.79 Å². The van der Waals surface area contributed by atoms with Crippen molar-refractivity contribution in [2.75, 3.05) is 31.1 Å². The smallest absolute Gasteiger partial charge is 0.341 e. The summed E-state index contributed by atoms with van der Waals surface area (Å²) in [4.78, 5) is 11.6. The molecular formula is C11H14Cl2N2O3. The lowest BCUT2D eigenvalue weighted by molar-refractivity contribution is 0.0596. The van der Waals surface area contributed by atoms with Gasteiger partial charge in [-0.15, -0.1) is 11.6 Å². The molecule has 0 saturated carbocycles. The van der Waals surface area contributed by atoms with E-state index < -0.39 is 5.97 Å². The van der Waals surface area contributed by atoms with Gasteiger partial charge in [-0.05, 0) is 12.5 Å². The van der Waals surface area contributed by atoms with Crippen LogP contribution < -0.4 is 16.2 Å². The lowest BCUT2D eigenvalue weighted by atomic mass is 10.1. The number of nitrogen functional groups attached to an aromatic ring is 2. The van der Waals surface area contributed by atoms with Crippen LogP contribution in [0.2, 0.25) is 5.02 Å². The second-order valence-electron chi connectivity index (χ2n) is 3.45. The molecule has 0 heterocycles. The molecule has 18 heavy (non-hydrogen) atoms. The van der Waals surface area contributed by atoms with E-state index in [2.05, 4.69) is 4.74 Å². The SMILES string of the molecule is COC(=O)c1cc(Cl)c(N)c(N)c1OCCCCl. The molecule has 0 unspecified atom stereocenters. The van der Waals surface area contributed by atoms with Crippen molar-refractivity contribution in [2.45, 2.75) is 6.42 Å². The minimum atomic E-state index is -0.593. The van der Waals surface area contributed by atoms with Gasteiger partial charge in [-0.25, -0.2) is 4.79 Å². The van der Waals surface area contributed by atoms with Crippen molar-refractivity contribution in [2.24, 2.45) is 0 Å². The normalized spacial score (nSPS) is 10.2. The maximum absolute atomic E-state index is 11.6. The first kappa shape index (κ1) is 14.7. The Morgan fingerprint density at radius 3 is 2.61 bits per heavy atom. The molecule has 1 aromatic carbocycles.